The highest BCUT2D eigenvalue weighted by Gasteiger charge is 2.08. The van der Waals surface area contributed by atoms with Crippen LogP contribution in [0.25, 0.3) is 0 Å². The molecule has 0 aromatic heterocycles. The zero-order chi connectivity index (χ0) is 12.6. The van der Waals surface area contributed by atoms with Crippen LogP contribution in [-0.2, 0) is 6.42 Å². The SMILES string of the molecule is NNC(CSc1ccccc1)Cc1ccccc1. The molecule has 0 radical (unpaired) electrons. The summed E-state index contributed by atoms with van der Waals surface area (Å²) < 4.78 is 0. The van der Waals surface area contributed by atoms with Gasteiger partial charge in [-0.2, -0.15) is 0 Å². The molecule has 0 fully saturated rings. The molecule has 18 heavy (non-hydrogen) atoms. The van der Waals surface area contributed by atoms with E-state index in [9.17, 15) is 0 Å². The van der Waals surface area contributed by atoms with Gasteiger partial charge in [-0.1, -0.05) is 48.5 Å². The second-order valence-corrected chi connectivity index (χ2v) is 5.27. The Labute approximate surface area is 113 Å². The first kappa shape index (κ1) is 13.1. The summed E-state index contributed by atoms with van der Waals surface area (Å²) >= 11 is 1.83. The molecule has 0 saturated carbocycles. The Bertz CT molecular complexity index is 445. The summed E-state index contributed by atoms with van der Waals surface area (Å²) in [5.41, 5.74) is 4.21. The molecule has 0 spiro atoms. The minimum atomic E-state index is 0.289. The van der Waals surface area contributed by atoms with Crippen LogP contribution in [0.2, 0.25) is 0 Å². The summed E-state index contributed by atoms with van der Waals surface area (Å²) in [5, 5.41) is 0. The molecule has 1 atom stereocenters. The van der Waals surface area contributed by atoms with Gasteiger partial charge in [0.2, 0.25) is 0 Å². The maximum atomic E-state index is 5.62. The lowest BCUT2D eigenvalue weighted by Crippen LogP contribution is -2.38. The quantitative estimate of drug-likeness (QED) is 0.475. The van der Waals surface area contributed by atoms with Gasteiger partial charge in [0, 0.05) is 16.7 Å². The lowest BCUT2D eigenvalue weighted by atomic mass is 10.1. The highest BCUT2D eigenvalue weighted by atomic mass is 32.2. The van der Waals surface area contributed by atoms with Gasteiger partial charge in [-0.15, -0.1) is 11.8 Å². The monoisotopic (exact) mass is 258 g/mol. The standard InChI is InChI=1S/C15H18N2S/c16-17-14(11-13-7-3-1-4-8-13)12-18-15-9-5-2-6-10-15/h1-10,14,17H,11-12,16H2. The average molecular weight is 258 g/mol. The second-order valence-electron chi connectivity index (χ2n) is 4.18. The highest BCUT2D eigenvalue weighted by Crippen LogP contribution is 2.18. The molecule has 0 bridgehead atoms. The summed E-state index contributed by atoms with van der Waals surface area (Å²) in [6.07, 6.45) is 0.956. The molecular weight excluding hydrogens is 240 g/mol. The average Bonchev–Trinajstić information content (AvgIpc) is 2.45. The minimum Gasteiger partial charge on any atom is -0.271 e. The van der Waals surface area contributed by atoms with Crippen molar-refractivity contribution in [1.29, 1.82) is 0 Å². The van der Waals surface area contributed by atoms with E-state index in [1.165, 1.54) is 10.5 Å². The van der Waals surface area contributed by atoms with Gasteiger partial charge in [0.05, 0.1) is 0 Å². The number of thioether (sulfide) groups is 1. The van der Waals surface area contributed by atoms with E-state index in [0.29, 0.717) is 0 Å². The number of nitrogens with one attached hydrogen (secondary N) is 1. The first-order valence-corrected chi connectivity index (χ1v) is 7.05. The van der Waals surface area contributed by atoms with E-state index in [0.717, 1.165) is 12.2 Å². The molecule has 3 heteroatoms. The third kappa shape index (κ3) is 4.18. The van der Waals surface area contributed by atoms with Gasteiger partial charge >= 0.3 is 0 Å². The van der Waals surface area contributed by atoms with Gasteiger partial charge < -0.3 is 0 Å². The fourth-order valence-electron chi connectivity index (χ4n) is 1.78. The van der Waals surface area contributed by atoms with Crippen molar-refractivity contribution in [2.24, 2.45) is 5.84 Å². The fourth-order valence-corrected chi connectivity index (χ4v) is 2.74. The van der Waals surface area contributed by atoms with Gasteiger partial charge in [-0.05, 0) is 24.1 Å². The third-order valence-electron chi connectivity index (χ3n) is 2.76. The van der Waals surface area contributed by atoms with Crippen molar-refractivity contribution < 1.29 is 0 Å². The Morgan fingerprint density at radius 1 is 0.944 bits per heavy atom. The lowest BCUT2D eigenvalue weighted by molar-refractivity contribution is 0.575. The van der Waals surface area contributed by atoms with Crippen LogP contribution in [0.5, 0.6) is 0 Å². The Kier molecular flexibility index (Phi) is 5.27. The zero-order valence-electron chi connectivity index (χ0n) is 10.3. The maximum absolute atomic E-state index is 5.62. The molecule has 2 rings (SSSR count). The minimum absolute atomic E-state index is 0.289. The Morgan fingerprint density at radius 3 is 2.17 bits per heavy atom. The van der Waals surface area contributed by atoms with Crippen LogP contribution in [0.1, 0.15) is 5.56 Å². The van der Waals surface area contributed by atoms with Crippen LogP contribution >= 0.6 is 11.8 Å². The number of benzene rings is 2. The van der Waals surface area contributed by atoms with Gasteiger partial charge in [0.1, 0.15) is 0 Å². The van der Waals surface area contributed by atoms with Crippen molar-refractivity contribution in [1.82, 2.24) is 5.43 Å². The van der Waals surface area contributed by atoms with E-state index in [4.69, 9.17) is 5.84 Å². The first-order chi connectivity index (χ1) is 8.88. The molecule has 2 aromatic rings. The van der Waals surface area contributed by atoms with E-state index in [1.54, 1.807) is 0 Å². The van der Waals surface area contributed by atoms with Crippen LogP contribution in [0.3, 0.4) is 0 Å². The Hall–Kier alpha value is -1.29. The van der Waals surface area contributed by atoms with Crippen molar-refractivity contribution in [3.63, 3.8) is 0 Å². The number of hydrazine groups is 1. The lowest BCUT2D eigenvalue weighted by Gasteiger charge is -2.15. The largest absolute Gasteiger partial charge is 0.271 e. The van der Waals surface area contributed by atoms with Crippen LogP contribution in [0.15, 0.2) is 65.6 Å². The van der Waals surface area contributed by atoms with E-state index in [-0.39, 0.29) is 6.04 Å². The fraction of sp³-hybridized carbons (Fsp3) is 0.200. The van der Waals surface area contributed by atoms with Gasteiger partial charge in [-0.25, -0.2) is 0 Å². The van der Waals surface area contributed by atoms with Crippen molar-refractivity contribution in [3.05, 3.63) is 66.2 Å². The summed E-state index contributed by atoms with van der Waals surface area (Å²) in [4.78, 5) is 1.28. The molecule has 0 aliphatic heterocycles. The van der Waals surface area contributed by atoms with Crippen molar-refractivity contribution >= 4 is 11.8 Å². The molecule has 0 aliphatic rings. The molecule has 0 saturated heterocycles. The smallest absolute Gasteiger partial charge is 0.0344 e. The Balaban J connectivity index is 1.86. The number of nitrogens with two attached hydrogens (primary N) is 1. The third-order valence-corrected chi connectivity index (χ3v) is 3.93. The van der Waals surface area contributed by atoms with E-state index < -0.39 is 0 Å². The van der Waals surface area contributed by atoms with Crippen LogP contribution in [0, 0.1) is 0 Å². The van der Waals surface area contributed by atoms with Gasteiger partial charge in [-0.3, -0.25) is 11.3 Å². The predicted octanol–water partition coefficient (Wildman–Crippen LogP) is 2.85. The molecule has 1 unspecified atom stereocenters. The normalized spacial score (nSPS) is 12.3. The highest BCUT2D eigenvalue weighted by molar-refractivity contribution is 7.99. The maximum Gasteiger partial charge on any atom is 0.0344 e. The Morgan fingerprint density at radius 2 is 1.56 bits per heavy atom. The summed E-state index contributed by atoms with van der Waals surface area (Å²) in [6, 6.07) is 21.1. The summed E-state index contributed by atoms with van der Waals surface area (Å²) in [6.45, 7) is 0. The van der Waals surface area contributed by atoms with E-state index in [1.807, 2.05) is 23.9 Å². The van der Waals surface area contributed by atoms with Crippen LogP contribution < -0.4 is 11.3 Å². The molecular formula is C15H18N2S. The first-order valence-electron chi connectivity index (χ1n) is 6.06. The number of rotatable bonds is 6. The predicted molar refractivity (Wildman–Crippen MR) is 78.4 cm³/mol. The van der Waals surface area contributed by atoms with Gasteiger partial charge in [0.15, 0.2) is 0 Å². The number of hydrogen-bond donors (Lipinski definition) is 2. The van der Waals surface area contributed by atoms with Crippen LogP contribution in [0.4, 0.5) is 0 Å². The second kappa shape index (κ2) is 7.21. The molecule has 2 nitrogen and oxygen atoms in total. The zero-order valence-corrected chi connectivity index (χ0v) is 11.1. The van der Waals surface area contributed by atoms with Crippen molar-refractivity contribution in [3.8, 4) is 0 Å². The van der Waals surface area contributed by atoms with Crippen molar-refractivity contribution in [2.45, 2.75) is 17.4 Å². The molecule has 0 aliphatic carbocycles. The van der Waals surface area contributed by atoms with Gasteiger partial charge in [0.25, 0.3) is 0 Å². The topological polar surface area (TPSA) is 38.0 Å². The number of hydrogen-bond acceptors (Lipinski definition) is 3. The molecule has 2 aromatic carbocycles. The van der Waals surface area contributed by atoms with E-state index >= 15 is 0 Å². The van der Waals surface area contributed by atoms with E-state index in [2.05, 4.69) is 54.0 Å². The van der Waals surface area contributed by atoms with Crippen molar-refractivity contribution in [2.75, 3.05) is 5.75 Å². The van der Waals surface area contributed by atoms with Crippen LogP contribution in [-0.4, -0.2) is 11.8 Å². The summed E-state index contributed by atoms with van der Waals surface area (Å²) in [7, 11) is 0. The molecule has 3 N–H and O–H groups in total. The molecule has 0 heterocycles. The molecule has 0 amide bonds. The summed E-state index contributed by atoms with van der Waals surface area (Å²) in [5.74, 6) is 6.59. The molecule has 94 valence electrons.